The first-order valence-corrected chi connectivity index (χ1v) is 26.9. The van der Waals surface area contributed by atoms with Gasteiger partial charge < -0.3 is 0 Å². The van der Waals surface area contributed by atoms with Gasteiger partial charge in [-0.25, -0.2) is 19.9 Å². The van der Waals surface area contributed by atoms with Crippen molar-refractivity contribution in [2.45, 2.75) is 0 Å². The van der Waals surface area contributed by atoms with E-state index in [0.717, 1.165) is 88.6 Å². The Kier molecular flexibility index (Phi) is 11.5. The first kappa shape index (κ1) is 43.5. The van der Waals surface area contributed by atoms with Crippen molar-refractivity contribution in [3.8, 4) is 45.0 Å². The molecule has 0 aliphatic heterocycles. The molecule has 0 fully saturated rings. The Morgan fingerprint density at radius 2 is 0.458 bits per heavy atom. The summed E-state index contributed by atoms with van der Waals surface area (Å²) in [5.74, 6) is 0. The van der Waals surface area contributed by atoms with Crippen LogP contribution in [0.25, 0.3) is 88.6 Å². The molecule has 13 rings (SSSR count). The summed E-state index contributed by atoms with van der Waals surface area (Å²) in [6, 6.07) is 95.6. The standard InChI is InChI=1S/C66H44N4P2/c1-6-16-45(17-7-1)59-38-32-47-26-28-49-34-40-61(69-65(49)63(47)67-59)51-42-52(44-58(43-51)72(55-22-12-4-13-23-55)56-24-14-5-15-25-56)62-41-35-50-29-27-48-33-39-60(68-64(48)66(50)70-62)46-30-36-57(37-31-46)71(53-18-8-2-9-19-53)54-20-10-3-11-21-54/h1-44H. The summed E-state index contributed by atoms with van der Waals surface area (Å²) in [5, 5.41) is 11.9. The molecule has 338 valence electrons. The largest absolute Gasteiger partial charge is 0.245 e. The number of nitrogens with zero attached hydrogens (tertiary/aromatic N) is 4. The Hall–Kier alpha value is -8.52. The molecule has 0 aliphatic carbocycles. The van der Waals surface area contributed by atoms with Gasteiger partial charge in [-0.1, -0.05) is 224 Å². The lowest BCUT2D eigenvalue weighted by atomic mass is 10.0. The molecule has 6 heteroatoms. The molecule has 0 radical (unpaired) electrons. The van der Waals surface area contributed by atoms with Crippen molar-refractivity contribution in [3.63, 3.8) is 0 Å². The minimum absolute atomic E-state index is 0.717. The number of fused-ring (bicyclic) bond motifs is 6. The fraction of sp³-hybridized carbons (Fsp3) is 0. The third-order valence-corrected chi connectivity index (χ3v) is 18.2. The van der Waals surface area contributed by atoms with Gasteiger partial charge in [-0.05, 0) is 90.1 Å². The predicted octanol–water partition coefficient (Wildman–Crippen LogP) is 14.1. The molecule has 9 aromatic carbocycles. The van der Waals surface area contributed by atoms with Gasteiger partial charge in [0.1, 0.15) is 0 Å². The van der Waals surface area contributed by atoms with Crippen LogP contribution in [0.5, 0.6) is 0 Å². The van der Waals surface area contributed by atoms with E-state index in [0.29, 0.717) is 0 Å². The van der Waals surface area contributed by atoms with Crippen LogP contribution in [0.3, 0.4) is 0 Å². The molecule has 0 aliphatic rings. The monoisotopic (exact) mass is 954 g/mol. The molecule has 0 bridgehead atoms. The first-order valence-electron chi connectivity index (χ1n) is 24.2. The van der Waals surface area contributed by atoms with E-state index < -0.39 is 15.8 Å². The highest BCUT2D eigenvalue weighted by atomic mass is 31.1. The van der Waals surface area contributed by atoms with Crippen molar-refractivity contribution < 1.29 is 0 Å². The molecule has 0 saturated carbocycles. The van der Waals surface area contributed by atoms with E-state index in [1.807, 2.05) is 6.07 Å². The minimum Gasteiger partial charge on any atom is -0.245 e. The molecule has 72 heavy (non-hydrogen) atoms. The number of benzene rings is 9. The lowest BCUT2D eigenvalue weighted by Crippen LogP contribution is -2.21. The Labute approximate surface area is 420 Å². The number of rotatable bonds is 10. The highest BCUT2D eigenvalue weighted by Gasteiger charge is 2.21. The zero-order chi connectivity index (χ0) is 47.8. The average Bonchev–Trinajstić information content (AvgIpc) is 3.46. The highest BCUT2D eigenvalue weighted by molar-refractivity contribution is 7.80. The Morgan fingerprint density at radius 1 is 0.194 bits per heavy atom. The minimum atomic E-state index is -0.958. The van der Waals surface area contributed by atoms with E-state index in [2.05, 4.69) is 261 Å². The number of hydrogen-bond donors (Lipinski definition) is 0. The van der Waals surface area contributed by atoms with E-state index in [9.17, 15) is 0 Å². The predicted molar refractivity (Wildman–Crippen MR) is 307 cm³/mol. The molecule has 13 aromatic rings. The zero-order valence-electron chi connectivity index (χ0n) is 39.1. The quantitative estimate of drug-likeness (QED) is 0.101. The van der Waals surface area contributed by atoms with Crippen LogP contribution in [-0.2, 0) is 0 Å². The lowest BCUT2D eigenvalue weighted by molar-refractivity contribution is 1.36. The van der Waals surface area contributed by atoms with E-state index in [1.165, 1.54) is 31.8 Å². The van der Waals surface area contributed by atoms with Crippen LogP contribution >= 0.6 is 15.8 Å². The van der Waals surface area contributed by atoms with Crippen molar-refractivity contribution in [3.05, 3.63) is 267 Å². The van der Waals surface area contributed by atoms with Gasteiger partial charge in [0.05, 0.1) is 44.8 Å². The summed E-state index contributed by atoms with van der Waals surface area (Å²) in [5.41, 5.74) is 11.3. The number of aromatic nitrogens is 4. The SMILES string of the molecule is c1ccc(-c2ccc3ccc4ccc(-c5cc(-c6ccc7ccc8ccc(-c9ccc(P(c%10ccccc%10)c%10ccccc%10)cc9)nc8c7n6)cc(P(c6ccccc6)c6ccccc6)c5)nc4c3n2)cc1. The van der Waals surface area contributed by atoms with E-state index in [1.54, 1.807) is 0 Å². The Balaban J connectivity index is 0.949. The van der Waals surface area contributed by atoms with Crippen LogP contribution < -0.4 is 31.8 Å². The van der Waals surface area contributed by atoms with Gasteiger partial charge in [0.2, 0.25) is 0 Å². The van der Waals surface area contributed by atoms with Crippen LogP contribution in [0.2, 0.25) is 0 Å². The second-order valence-corrected chi connectivity index (χ2v) is 22.3. The van der Waals surface area contributed by atoms with Gasteiger partial charge >= 0.3 is 0 Å². The fourth-order valence-electron chi connectivity index (χ4n) is 9.81. The van der Waals surface area contributed by atoms with Crippen molar-refractivity contribution >= 4 is 91.3 Å². The van der Waals surface area contributed by atoms with Crippen molar-refractivity contribution in [1.82, 2.24) is 19.9 Å². The molecule has 4 aromatic heterocycles. The van der Waals surface area contributed by atoms with Gasteiger partial charge in [0.25, 0.3) is 0 Å². The molecule has 0 spiro atoms. The van der Waals surface area contributed by atoms with Gasteiger partial charge in [0.15, 0.2) is 0 Å². The summed E-state index contributed by atoms with van der Waals surface area (Å²) in [6.45, 7) is 0. The Morgan fingerprint density at radius 3 is 0.806 bits per heavy atom. The maximum Gasteiger partial charge on any atom is 0.0972 e. The molecule has 4 nitrogen and oxygen atoms in total. The second-order valence-electron chi connectivity index (χ2n) is 17.9. The molecule has 0 unspecified atom stereocenters. The first-order chi connectivity index (χ1) is 35.7. The maximum atomic E-state index is 5.54. The lowest BCUT2D eigenvalue weighted by Gasteiger charge is -2.21. The molecule has 0 saturated heterocycles. The molecule has 0 amide bonds. The molecular weight excluding hydrogens is 911 g/mol. The zero-order valence-corrected chi connectivity index (χ0v) is 40.9. The normalized spacial score (nSPS) is 11.6. The summed E-state index contributed by atoms with van der Waals surface area (Å²) in [6.07, 6.45) is 0. The molecule has 0 atom stereocenters. The molecule has 0 N–H and O–H groups in total. The third-order valence-electron chi connectivity index (χ3n) is 13.4. The van der Waals surface area contributed by atoms with Crippen LogP contribution in [0.4, 0.5) is 0 Å². The van der Waals surface area contributed by atoms with Crippen LogP contribution in [0, 0.1) is 0 Å². The van der Waals surface area contributed by atoms with Crippen molar-refractivity contribution in [2.75, 3.05) is 0 Å². The average molecular weight is 955 g/mol. The number of pyridine rings is 4. The van der Waals surface area contributed by atoms with E-state index >= 15 is 0 Å². The topological polar surface area (TPSA) is 51.6 Å². The molecular formula is C66H44N4P2. The number of hydrogen-bond acceptors (Lipinski definition) is 4. The maximum absolute atomic E-state index is 5.54. The van der Waals surface area contributed by atoms with E-state index in [-0.39, 0.29) is 0 Å². The fourth-order valence-corrected chi connectivity index (χ4v) is 14.5. The van der Waals surface area contributed by atoms with Crippen LogP contribution in [0.1, 0.15) is 0 Å². The van der Waals surface area contributed by atoms with Crippen molar-refractivity contribution in [1.29, 1.82) is 0 Å². The van der Waals surface area contributed by atoms with Gasteiger partial charge in [0, 0.05) is 43.8 Å². The summed E-state index contributed by atoms with van der Waals surface area (Å²) < 4.78 is 0. The summed E-state index contributed by atoms with van der Waals surface area (Å²) in [4.78, 5) is 21.7. The van der Waals surface area contributed by atoms with Crippen LogP contribution in [-0.4, -0.2) is 19.9 Å². The van der Waals surface area contributed by atoms with Gasteiger partial charge in [-0.2, -0.15) is 0 Å². The smallest absolute Gasteiger partial charge is 0.0972 e. The van der Waals surface area contributed by atoms with E-state index in [4.69, 9.17) is 19.9 Å². The summed E-state index contributed by atoms with van der Waals surface area (Å²) in [7, 11) is -1.67. The Bertz CT molecular complexity index is 4000. The second kappa shape index (κ2) is 19.0. The highest BCUT2D eigenvalue weighted by Crippen LogP contribution is 2.39. The molecule has 4 heterocycles. The summed E-state index contributed by atoms with van der Waals surface area (Å²) >= 11 is 0. The van der Waals surface area contributed by atoms with Gasteiger partial charge in [-0.15, -0.1) is 0 Å². The van der Waals surface area contributed by atoms with Gasteiger partial charge in [-0.3, -0.25) is 0 Å². The third kappa shape index (κ3) is 8.41. The van der Waals surface area contributed by atoms with Crippen LogP contribution in [0.15, 0.2) is 267 Å². The van der Waals surface area contributed by atoms with Crippen molar-refractivity contribution in [2.24, 2.45) is 0 Å².